The second-order valence-corrected chi connectivity index (χ2v) is 8.38. The Labute approximate surface area is 195 Å². The number of nitrogens with one attached hydrogen (secondary N) is 2. The standard InChI is InChI=1S/C25H21N9/c1-34(2)14-15-9-17(12-27-11-15)20-10-18-21(13-29-20)32-33-23(18)25-30-19-5-8-28-22(24(19)31-25)16-3-6-26-7-4-16/h3-13H,14H2,1-2H3,(H,30,31)(H,32,33). The molecule has 166 valence electrons. The van der Waals surface area contributed by atoms with Crippen LogP contribution in [-0.2, 0) is 6.54 Å². The molecule has 6 rings (SSSR count). The van der Waals surface area contributed by atoms with E-state index in [0.29, 0.717) is 5.82 Å². The first-order valence-electron chi connectivity index (χ1n) is 10.8. The van der Waals surface area contributed by atoms with Crippen LogP contribution in [0.4, 0.5) is 0 Å². The molecule has 9 nitrogen and oxygen atoms in total. The quantitative estimate of drug-likeness (QED) is 0.409. The van der Waals surface area contributed by atoms with Gasteiger partial charge in [0.05, 0.1) is 28.6 Å². The summed E-state index contributed by atoms with van der Waals surface area (Å²) in [6, 6.07) is 9.92. The van der Waals surface area contributed by atoms with Crippen LogP contribution in [0.2, 0.25) is 0 Å². The molecule has 0 unspecified atom stereocenters. The molecule has 0 saturated heterocycles. The Morgan fingerprint density at radius 1 is 0.824 bits per heavy atom. The highest BCUT2D eigenvalue weighted by Crippen LogP contribution is 2.31. The summed E-state index contributed by atoms with van der Waals surface area (Å²) < 4.78 is 0. The van der Waals surface area contributed by atoms with E-state index in [-0.39, 0.29) is 0 Å². The number of fused-ring (bicyclic) bond motifs is 2. The Morgan fingerprint density at radius 3 is 2.56 bits per heavy atom. The SMILES string of the molecule is CN(C)Cc1cncc(-c2cc3c(-c4nc5c(-c6ccncc6)nccc5[nH]4)n[nH]c3cn2)c1. The molecule has 6 heterocycles. The predicted octanol–water partition coefficient (Wildman–Crippen LogP) is 4.08. The maximum absolute atomic E-state index is 4.87. The molecular weight excluding hydrogens is 426 g/mol. The molecule has 6 aromatic rings. The lowest BCUT2D eigenvalue weighted by atomic mass is 10.1. The fourth-order valence-corrected chi connectivity index (χ4v) is 4.10. The summed E-state index contributed by atoms with van der Waals surface area (Å²) in [7, 11) is 4.08. The first-order chi connectivity index (χ1) is 16.7. The van der Waals surface area contributed by atoms with Crippen molar-refractivity contribution in [3.63, 3.8) is 0 Å². The van der Waals surface area contributed by atoms with Crippen molar-refractivity contribution in [3.05, 3.63) is 73.1 Å². The summed E-state index contributed by atoms with van der Waals surface area (Å²) in [6.45, 7) is 0.812. The number of aromatic amines is 2. The van der Waals surface area contributed by atoms with Crippen LogP contribution in [0.5, 0.6) is 0 Å². The van der Waals surface area contributed by atoms with Crippen molar-refractivity contribution in [2.75, 3.05) is 14.1 Å². The molecule has 0 radical (unpaired) electrons. The molecule has 2 N–H and O–H groups in total. The summed E-state index contributed by atoms with van der Waals surface area (Å²) in [5, 5.41) is 8.55. The van der Waals surface area contributed by atoms with Gasteiger partial charge in [-0.1, -0.05) is 0 Å². The van der Waals surface area contributed by atoms with Gasteiger partial charge in [-0.15, -0.1) is 0 Å². The molecule has 0 aliphatic heterocycles. The number of nitrogens with zero attached hydrogens (tertiary/aromatic N) is 7. The molecule has 0 saturated carbocycles. The molecule has 0 amide bonds. The van der Waals surface area contributed by atoms with Gasteiger partial charge in [-0.05, 0) is 50.0 Å². The normalized spacial score (nSPS) is 11.6. The lowest BCUT2D eigenvalue weighted by molar-refractivity contribution is 0.402. The molecule has 34 heavy (non-hydrogen) atoms. The van der Waals surface area contributed by atoms with Crippen LogP contribution in [0.25, 0.3) is 56.0 Å². The van der Waals surface area contributed by atoms with Gasteiger partial charge in [0, 0.05) is 54.0 Å². The molecule has 0 atom stereocenters. The molecule has 0 spiro atoms. The second-order valence-electron chi connectivity index (χ2n) is 8.38. The molecule has 6 aromatic heterocycles. The Balaban J connectivity index is 1.45. The molecular formula is C25H21N9. The Bertz CT molecular complexity index is 1620. The molecule has 0 aliphatic rings. The van der Waals surface area contributed by atoms with Crippen LogP contribution in [-0.4, -0.2) is 59.1 Å². The number of aromatic nitrogens is 8. The summed E-state index contributed by atoms with van der Waals surface area (Å²) in [6.07, 6.45) is 10.8. The van der Waals surface area contributed by atoms with E-state index in [0.717, 1.165) is 62.3 Å². The van der Waals surface area contributed by atoms with Crippen LogP contribution >= 0.6 is 0 Å². The minimum Gasteiger partial charge on any atom is -0.336 e. The van der Waals surface area contributed by atoms with Crippen molar-refractivity contribution in [2.24, 2.45) is 0 Å². The Morgan fingerprint density at radius 2 is 1.71 bits per heavy atom. The number of rotatable bonds is 5. The largest absolute Gasteiger partial charge is 0.336 e. The number of imidazole rings is 1. The van der Waals surface area contributed by atoms with Crippen LogP contribution in [0.15, 0.2) is 67.5 Å². The smallest absolute Gasteiger partial charge is 0.159 e. The zero-order valence-electron chi connectivity index (χ0n) is 18.7. The third-order valence-corrected chi connectivity index (χ3v) is 5.62. The lowest BCUT2D eigenvalue weighted by Gasteiger charge is -2.10. The first kappa shape index (κ1) is 20.1. The fraction of sp³-hybridized carbons (Fsp3) is 0.120. The maximum atomic E-state index is 4.87. The number of pyridine rings is 4. The van der Waals surface area contributed by atoms with E-state index in [9.17, 15) is 0 Å². The van der Waals surface area contributed by atoms with Gasteiger partial charge in [-0.3, -0.25) is 25.0 Å². The second kappa shape index (κ2) is 8.13. The van der Waals surface area contributed by atoms with Gasteiger partial charge in [0.2, 0.25) is 0 Å². The zero-order valence-corrected chi connectivity index (χ0v) is 18.7. The van der Waals surface area contributed by atoms with Gasteiger partial charge in [0.15, 0.2) is 5.82 Å². The van der Waals surface area contributed by atoms with Gasteiger partial charge < -0.3 is 9.88 Å². The average molecular weight is 448 g/mol. The van der Waals surface area contributed by atoms with Gasteiger partial charge in [-0.25, -0.2) is 4.98 Å². The average Bonchev–Trinajstić information content (AvgIpc) is 3.48. The fourth-order valence-electron chi connectivity index (χ4n) is 4.10. The minimum absolute atomic E-state index is 0.668. The van der Waals surface area contributed by atoms with E-state index in [2.05, 4.69) is 46.1 Å². The van der Waals surface area contributed by atoms with E-state index < -0.39 is 0 Å². The number of H-pyrrole nitrogens is 2. The van der Waals surface area contributed by atoms with Crippen molar-refractivity contribution in [1.29, 1.82) is 0 Å². The van der Waals surface area contributed by atoms with Crippen molar-refractivity contribution >= 4 is 21.9 Å². The predicted molar refractivity (Wildman–Crippen MR) is 131 cm³/mol. The summed E-state index contributed by atoms with van der Waals surface area (Å²) in [5.41, 5.74) is 7.93. The lowest BCUT2D eigenvalue weighted by Crippen LogP contribution is -2.10. The van der Waals surface area contributed by atoms with Gasteiger partial charge in [0.1, 0.15) is 11.2 Å². The third kappa shape index (κ3) is 3.57. The van der Waals surface area contributed by atoms with E-state index in [4.69, 9.17) is 4.98 Å². The molecule has 9 heteroatoms. The Hall–Kier alpha value is -4.50. The van der Waals surface area contributed by atoms with Crippen LogP contribution in [0.3, 0.4) is 0 Å². The maximum Gasteiger partial charge on any atom is 0.159 e. The monoisotopic (exact) mass is 447 g/mol. The van der Waals surface area contributed by atoms with E-state index in [1.165, 1.54) is 0 Å². The number of hydrogen-bond acceptors (Lipinski definition) is 7. The summed E-state index contributed by atoms with van der Waals surface area (Å²) in [5.74, 6) is 0.668. The first-order valence-corrected chi connectivity index (χ1v) is 10.8. The minimum atomic E-state index is 0.668. The van der Waals surface area contributed by atoms with Crippen LogP contribution in [0, 0.1) is 0 Å². The highest BCUT2D eigenvalue weighted by molar-refractivity contribution is 5.96. The Kier molecular flexibility index (Phi) is 4.81. The van der Waals surface area contributed by atoms with E-state index in [1.54, 1.807) is 24.8 Å². The van der Waals surface area contributed by atoms with Crippen molar-refractivity contribution in [1.82, 2.24) is 45.0 Å². The van der Waals surface area contributed by atoms with Gasteiger partial charge in [-0.2, -0.15) is 5.10 Å². The summed E-state index contributed by atoms with van der Waals surface area (Å²) >= 11 is 0. The van der Waals surface area contributed by atoms with Crippen LogP contribution in [0.1, 0.15) is 5.56 Å². The van der Waals surface area contributed by atoms with E-state index >= 15 is 0 Å². The van der Waals surface area contributed by atoms with Crippen molar-refractivity contribution in [3.8, 4) is 34.0 Å². The number of hydrogen-bond donors (Lipinski definition) is 2. The zero-order chi connectivity index (χ0) is 23.1. The highest BCUT2D eigenvalue weighted by Gasteiger charge is 2.17. The topological polar surface area (TPSA) is 112 Å². The molecule has 0 bridgehead atoms. The van der Waals surface area contributed by atoms with Crippen molar-refractivity contribution in [2.45, 2.75) is 6.54 Å². The molecule has 0 aliphatic carbocycles. The highest BCUT2D eigenvalue weighted by atomic mass is 15.1. The van der Waals surface area contributed by atoms with Crippen LogP contribution < -0.4 is 0 Å². The third-order valence-electron chi connectivity index (χ3n) is 5.62. The molecule has 0 fully saturated rings. The van der Waals surface area contributed by atoms with Gasteiger partial charge >= 0.3 is 0 Å². The van der Waals surface area contributed by atoms with Crippen molar-refractivity contribution < 1.29 is 0 Å². The van der Waals surface area contributed by atoms with Gasteiger partial charge in [0.25, 0.3) is 0 Å². The van der Waals surface area contributed by atoms with E-state index in [1.807, 2.05) is 50.8 Å². The molecule has 0 aromatic carbocycles. The summed E-state index contributed by atoms with van der Waals surface area (Å²) in [4.78, 5) is 28.1.